The molecule has 0 spiro atoms. The molecular weight excluding hydrogens is 238 g/mol. The SMILES string of the molecule is CC1(C)CC(C(O)CCc2cccnc2)C(C)(C)O1. The summed E-state index contributed by atoms with van der Waals surface area (Å²) < 4.78 is 6.05. The monoisotopic (exact) mass is 263 g/mol. The molecule has 1 fully saturated rings. The highest BCUT2D eigenvalue weighted by Gasteiger charge is 2.48. The molecule has 3 nitrogen and oxygen atoms in total. The second-order valence-electron chi connectivity index (χ2n) is 6.74. The molecule has 1 N–H and O–H groups in total. The summed E-state index contributed by atoms with van der Waals surface area (Å²) in [5, 5.41) is 10.5. The van der Waals surface area contributed by atoms with Crippen molar-refractivity contribution in [3.05, 3.63) is 30.1 Å². The van der Waals surface area contributed by atoms with Crippen LogP contribution in [0.15, 0.2) is 24.5 Å². The van der Waals surface area contributed by atoms with E-state index in [1.807, 2.05) is 12.3 Å². The Hall–Kier alpha value is -0.930. The van der Waals surface area contributed by atoms with E-state index < -0.39 is 0 Å². The topological polar surface area (TPSA) is 42.4 Å². The van der Waals surface area contributed by atoms with Crippen LogP contribution in [-0.4, -0.2) is 27.4 Å². The van der Waals surface area contributed by atoms with Crippen molar-refractivity contribution < 1.29 is 9.84 Å². The quantitative estimate of drug-likeness (QED) is 0.908. The van der Waals surface area contributed by atoms with Gasteiger partial charge in [-0.05, 0) is 58.6 Å². The van der Waals surface area contributed by atoms with E-state index in [1.165, 1.54) is 5.56 Å². The lowest BCUT2D eigenvalue weighted by Gasteiger charge is -2.30. The molecule has 2 unspecified atom stereocenters. The smallest absolute Gasteiger partial charge is 0.0687 e. The number of aliphatic hydroxyl groups excluding tert-OH is 1. The predicted octanol–water partition coefficient (Wildman–Crippen LogP) is 2.97. The summed E-state index contributed by atoms with van der Waals surface area (Å²) in [7, 11) is 0. The lowest BCUT2D eigenvalue weighted by molar-refractivity contribution is -0.0880. The highest BCUT2D eigenvalue weighted by molar-refractivity contribution is 5.09. The van der Waals surface area contributed by atoms with E-state index in [9.17, 15) is 5.11 Å². The van der Waals surface area contributed by atoms with Crippen LogP contribution in [0.25, 0.3) is 0 Å². The molecule has 3 heteroatoms. The lowest BCUT2D eigenvalue weighted by Crippen LogP contribution is -2.36. The second kappa shape index (κ2) is 5.22. The van der Waals surface area contributed by atoms with Crippen LogP contribution in [0.4, 0.5) is 0 Å². The van der Waals surface area contributed by atoms with Gasteiger partial charge in [0.25, 0.3) is 0 Å². The molecule has 0 saturated carbocycles. The van der Waals surface area contributed by atoms with Gasteiger partial charge < -0.3 is 9.84 Å². The largest absolute Gasteiger partial charge is 0.393 e. The Morgan fingerprint density at radius 2 is 2.16 bits per heavy atom. The molecule has 19 heavy (non-hydrogen) atoms. The van der Waals surface area contributed by atoms with Crippen molar-refractivity contribution >= 4 is 0 Å². The van der Waals surface area contributed by atoms with Crippen LogP contribution in [0.2, 0.25) is 0 Å². The van der Waals surface area contributed by atoms with Crippen molar-refractivity contribution in [1.82, 2.24) is 4.98 Å². The second-order valence-corrected chi connectivity index (χ2v) is 6.74. The molecule has 1 saturated heterocycles. The standard InChI is InChI=1S/C16H25NO2/c1-15(2)10-13(16(3,4)19-15)14(18)8-7-12-6-5-9-17-11-12/h5-6,9,11,13-14,18H,7-8,10H2,1-4H3. The Labute approximate surface area is 116 Å². The van der Waals surface area contributed by atoms with E-state index in [2.05, 4.69) is 38.7 Å². The summed E-state index contributed by atoms with van der Waals surface area (Å²) in [5.41, 5.74) is 0.791. The maximum Gasteiger partial charge on any atom is 0.0687 e. The maximum absolute atomic E-state index is 10.5. The van der Waals surface area contributed by atoms with Gasteiger partial charge >= 0.3 is 0 Å². The number of aromatic nitrogens is 1. The Morgan fingerprint density at radius 1 is 1.42 bits per heavy atom. The zero-order valence-corrected chi connectivity index (χ0v) is 12.4. The summed E-state index contributed by atoms with van der Waals surface area (Å²) in [6, 6.07) is 3.99. The van der Waals surface area contributed by atoms with Gasteiger partial charge in [0, 0.05) is 18.3 Å². The van der Waals surface area contributed by atoms with Gasteiger partial charge in [-0.25, -0.2) is 0 Å². The van der Waals surface area contributed by atoms with Crippen LogP contribution in [0.1, 0.15) is 46.1 Å². The number of aliphatic hydroxyl groups is 1. The van der Waals surface area contributed by atoms with Crippen LogP contribution in [-0.2, 0) is 11.2 Å². The van der Waals surface area contributed by atoms with Crippen LogP contribution in [0.5, 0.6) is 0 Å². The molecule has 1 aromatic heterocycles. The first-order valence-corrected chi connectivity index (χ1v) is 7.07. The van der Waals surface area contributed by atoms with E-state index in [1.54, 1.807) is 6.20 Å². The number of hydrogen-bond donors (Lipinski definition) is 1. The number of hydrogen-bond acceptors (Lipinski definition) is 3. The summed E-state index contributed by atoms with van der Waals surface area (Å²) in [4.78, 5) is 4.11. The Morgan fingerprint density at radius 3 is 2.68 bits per heavy atom. The molecule has 2 rings (SSSR count). The maximum atomic E-state index is 10.5. The van der Waals surface area contributed by atoms with Gasteiger partial charge in [-0.1, -0.05) is 6.07 Å². The fourth-order valence-corrected chi connectivity index (χ4v) is 3.27. The highest BCUT2D eigenvalue weighted by Crippen LogP contribution is 2.44. The molecule has 1 aliphatic heterocycles. The summed E-state index contributed by atoms with van der Waals surface area (Å²) in [6.45, 7) is 8.37. The van der Waals surface area contributed by atoms with Crippen LogP contribution < -0.4 is 0 Å². The third kappa shape index (κ3) is 3.54. The predicted molar refractivity (Wildman–Crippen MR) is 75.9 cm³/mol. The van der Waals surface area contributed by atoms with Gasteiger partial charge in [0.15, 0.2) is 0 Å². The number of ether oxygens (including phenoxy) is 1. The Balaban J connectivity index is 1.95. The molecule has 0 aliphatic carbocycles. The first kappa shape index (κ1) is 14.5. The molecule has 0 aromatic carbocycles. The van der Waals surface area contributed by atoms with Gasteiger partial charge in [0.2, 0.25) is 0 Å². The van der Waals surface area contributed by atoms with Crippen LogP contribution >= 0.6 is 0 Å². The fraction of sp³-hybridized carbons (Fsp3) is 0.688. The normalized spacial score (nSPS) is 26.3. The van der Waals surface area contributed by atoms with Gasteiger partial charge in [-0.2, -0.15) is 0 Å². The highest BCUT2D eigenvalue weighted by atomic mass is 16.5. The molecule has 0 bridgehead atoms. The van der Waals surface area contributed by atoms with Crippen molar-refractivity contribution in [3.63, 3.8) is 0 Å². The van der Waals surface area contributed by atoms with Crippen molar-refractivity contribution in [3.8, 4) is 0 Å². The Bertz CT molecular complexity index is 414. The Kier molecular flexibility index (Phi) is 3.98. The van der Waals surface area contributed by atoms with E-state index in [0.717, 1.165) is 19.3 Å². The van der Waals surface area contributed by atoms with E-state index >= 15 is 0 Å². The average Bonchev–Trinajstić information content (AvgIpc) is 2.56. The molecule has 1 aromatic rings. The lowest BCUT2D eigenvalue weighted by atomic mass is 9.81. The third-order valence-corrected chi connectivity index (χ3v) is 4.06. The van der Waals surface area contributed by atoms with Crippen molar-refractivity contribution in [2.75, 3.05) is 0 Å². The van der Waals surface area contributed by atoms with Crippen molar-refractivity contribution in [2.24, 2.45) is 5.92 Å². The average molecular weight is 263 g/mol. The number of rotatable bonds is 4. The fourth-order valence-electron chi connectivity index (χ4n) is 3.27. The molecule has 0 amide bonds. The third-order valence-electron chi connectivity index (χ3n) is 4.06. The first-order chi connectivity index (χ1) is 8.80. The van der Waals surface area contributed by atoms with Gasteiger partial charge in [-0.15, -0.1) is 0 Å². The zero-order chi connectivity index (χ0) is 14.1. The van der Waals surface area contributed by atoms with Crippen molar-refractivity contribution in [2.45, 2.75) is 64.3 Å². The van der Waals surface area contributed by atoms with Crippen LogP contribution in [0.3, 0.4) is 0 Å². The van der Waals surface area contributed by atoms with E-state index in [0.29, 0.717) is 0 Å². The summed E-state index contributed by atoms with van der Waals surface area (Å²) in [6.07, 6.45) is 5.86. The minimum Gasteiger partial charge on any atom is -0.393 e. The number of nitrogens with zero attached hydrogens (tertiary/aromatic N) is 1. The molecular formula is C16H25NO2. The molecule has 2 atom stereocenters. The molecule has 106 valence electrons. The minimum atomic E-state index is -0.322. The van der Waals surface area contributed by atoms with Gasteiger partial charge in [-0.3, -0.25) is 4.98 Å². The number of pyridine rings is 1. The molecule has 1 aliphatic rings. The van der Waals surface area contributed by atoms with E-state index in [4.69, 9.17) is 4.74 Å². The summed E-state index contributed by atoms with van der Waals surface area (Å²) >= 11 is 0. The minimum absolute atomic E-state index is 0.135. The van der Waals surface area contributed by atoms with Crippen LogP contribution in [0, 0.1) is 5.92 Å². The van der Waals surface area contributed by atoms with Crippen molar-refractivity contribution in [1.29, 1.82) is 0 Å². The molecule has 2 heterocycles. The number of aryl methyl sites for hydroxylation is 1. The zero-order valence-electron chi connectivity index (χ0n) is 12.4. The summed E-state index contributed by atoms with van der Waals surface area (Å²) in [5.74, 6) is 0.194. The van der Waals surface area contributed by atoms with Gasteiger partial charge in [0.05, 0.1) is 17.3 Å². The van der Waals surface area contributed by atoms with Gasteiger partial charge in [0.1, 0.15) is 0 Å². The first-order valence-electron chi connectivity index (χ1n) is 7.07. The van der Waals surface area contributed by atoms with E-state index in [-0.39, 0.29) is 23.2 Å². The molecule has 0 radical (unpaired) electrons.